The predicted octanol–water partition coefficient (Wildman–Crippen LogP) is 2.52. The summed E-state index contributed by atoms with van der Waals surface area (Å²) in [6, 6.07) is 0.849. The Kier molecular flexibility index (Phi) is 3.68. The molecule has 0 radical (unpaired) electrons. The van der Waals surface area contributed by atoms with Gasteiger partial charge in [0.25, 0.3) is 0 Å². The lowest BCUT2D eigenvalue weighted by atomic mass is 9.75. The Labute approximate surface area is 94.2 Å². The molecule has 0 aromatic heterocycles. The van der Waals surface area contributed by atoms with Gasteiger partial charge in [-0.3, -0.25) is 0 Å². The maximum atomic E-state index is 6.25. The molecule has 2 fully saturated rings. The first-order chi connectivity index (χ1) is 7.20. The summed E-state index contributed by atoms with van der Waals surface area (Å²) in [5.41, 5.74) is 6.47. The van der Waals surface area contributed by atoms with E-state index in [4.69, 9.17) is 5.73 Å². The van der Waals surface area contributed by atoms with Crippen LogP contribution in [0.3, 0.4) is 0 Å². The lowest BCUT2D eigenvalue weighted by Crippen LogP contribution is -2.49. The number of hydrogen-bond donors (Lipinski definition) is 1. The smallest absolute Gasteiger partial charge is 0.0166 e. The molecule has 15 heavy (non-hydrogen) atoms. The van der Waals surface area contributed by atoms with E-state index in [1.165, 1.54) is 64.3 Å². The van der Waals surface area contributed by atoms with Crippen molar-refractivity contribution in [2.24, 2.45) is 5.73 Å². The van der Waals surface area contributed by atoms with Crippen molar-refractivity contribution in [3.05, 3.63) is 0 Å². The summed E-state index contributed by atoms with van der Waals surface area (Å²) in [7, 11) is 2.29. The quantitative estimate of drug-likeness (QED) is 0.772. The van der Waals surface area contributed by atoms with Gasteiger partial charge in [-0.25, -0.2) is 0 Å². The van der Waals surface area contributed by atoms with Gasteiger partial charge in [-0.1, -0.05) is 19.3 Å². The molecule has 2 saturated carbocycles. The second-order valence-electron chi connectivity index (χ2n) is 5.74. The van der Waals surface area contributed by atoms with Gasteiger partial charge < -0.3 is 10.6 Å². The highest BCUT2D eigenvalue weighted by molar-refractivity contribution is 4.93. The van der Waals surface area contributed by atoms with Gasteiger partial charge in [0.2, 0.25) is 0 Å². The Bertz CT molecular complexity index is 193. The monoisotopic (exact) mass is 210 g/mol. The van der Waals surface area contributed by atoms with E-state index in [-0.39, 0.29) is 5.54 Å². The third-order valence-corrected chi connectivity index (χ3v) is 4.51. The Morgan fingerprint density at radius 3 is 2.33 bits per heavy atom. The van der Waals surface area contributed by atoms with Crippen LogP contribution in [0.25, 0.3) is 0 Å². The van der Waals surface area contributed by atoms with E-state index < -0.39 is 0 Å². The van der Waals surface area contributed by atoms with Gasteiger partial charge in [0, 0.05) is 11.6 Å². The molecule has 2 rings (SSSR count). The summed E-state index contributed by atoms with van der Waals surface area (Å²) in [5.74, 6) is 0. The van der Waals surface area contributed by atoms with Crippen LogP contribution in [-0.2, 0) is 0 Å². The molecule has 0 aromatic rings. The van der Waals surface area contributed by atoms with Crippen molar-refractivity contribution in [3.63, 3.8) is 0 Å². The van der Waals surface area contributed by atoms with E-state index in [0.29, 0.717) is 0 Å². The average Bonchev–Trinajstić information content (AvgIpc) is 2.24. The molecule has 0 aliphatic heterocycles. The highest BCUT2D eigenvalue weighted by atomic mass is 15.1. The van der Waals surface area contributed by atoms with Crippen LogP contribution in [0.1, 0.15) is 57.8 Å². The van der Waals surface area contributed by atoms with E-state index in [2.05, 4.69) is 11.9 Å². The summed E-state index contributed by atoms with van der Waals surface area (Å²) in [4.78, 5) is 2.56. The summed E-state index contributed by atoms with van der Waals surface area (Å²) in [6.07, 6.45) is 12.2. The summed E-state index contributed by atoms with van der Waals surface area (Å²) >= 11 is 0. The predicted molar refractivity (Wildman–Crippen MR) is 64.9 cm³/mol. The summed E-state index contributed by atoms with van der Waals surface area (Å²) < 4.78 is 0. The summed E-state index contributed by atoms with van der Waals surface area (Å²) in [5, 5.41) is 0. The minimum absolute atomic E-state index is 0.211. The molecule has 0 amide bonds. The van der Waals surface area contributed by atoms with Gasteiger partial charge in [-0.05, 0) is 52.1 Å². The zero-order valence-electron chi connectivity index (χ0n) is 10.2. The fourth-order valence-electron chi connectivity index (χ4n) is 2.98. The van der Waals surface area contributed by atoms with Crippen molar-refractivity contribution in [2.45, 2.75) is 69.4 Å². The summed E-state index contributed by atoms with van der Waals surface area (Å²) in [6.45, 7) is 1.21. The second kappa shape index (κ2) is 4.84. The van der Waals surface area contributed by atoms with E-state index in [0.717, 1.165) is 6.04 Å². The Balaban J connectivity index is 1.69. The fraction of sp³-hybridized carbons (Fsp3) is 1.00. The number of nitrogens with two attached hydrogens (primary N) is 1. The lowest BCUT2D eigenvalue weighted by Gasteiger charge is -2.40. The third kappa shape index (κ3) is 2.94. The van der Waals surface area contributed by atoms with Crippen LogP contribution in [0.5, 0.6) is 0 Å². The lowest BCUT2D eigenvalue weighted by molar-refractivity contribution is 0.148. The molecule has 2 aliphatic rings. The van der Waals surface area contributed by atoms with Crippen LogP contribution in [0.2, 0.25) is 0 Å². The Morgan fingerprint density at radius 2 is 1.80 bits per heavy atom. The fourth-order valence-corrected chi connectivity index (χ4v) is 2.98. The molecule has 2 N–H and O–H groups in total. The highest BCUT2D eigenvalue weighted by Crippen LogP contribution is 2.32. The standard InChI is InChI=1S/C13H26N2/c1-15(12-6-3-2-4-7-12)11-10-13(14)8-5-9-13/h12H,2-11,14H2,1H3. The maximum absolute atomic E-state index is 6.25. The van der Waals surface area contributed by atoms with Gasteiger partial charge >= 0.3 is 0 Å². The molecule has 0 heterocycles. The molecular weight excluding hydrogens is 184 g/mol. The van der Waals surface area contributed by atoms with Crippen molar-refractivity contribution in [3.8, 4) is 0 Å². The zero-order chi connectivity index (χ0) is 10.7. The van der Waals surface area contributed by atoms with Gasteiger partial charge in [-0.15, -0.1) is 0 Å². The van der Waals surface area contributed by atoms with E-state index in [1.807, 2.05) is 0 Å². The molecular formula is C13H26N2. The molecule has 2 aliphatic carbocycles. The van der Waals surface area contributed by atoms with Crippen LogP contribution in [0, 0.1) is 0 Å². The van der Waals surface area contributed by atoms with Crippen LogP contribution in [-0.4, -0.2) is 30.1 Å². The van der Waals surface area contributed by atoms with E-state index in [9.17, 15) is 0 Å². The first kappa shape index (κ1) is 11.4. The molecule has 0 bridgehead atoms. The van der Waals surface area contributed by atoms with Crippen molar-refractivity contribution in [2.75, 3.05) is 13.6 Å². The number of nitrogens with zero attached hydrogens (tertiary/aromatic N) is 1. The molecule has 0 atom stereocenters. The van der Waals surface area contributed by atoms with Crippen LogP contribution < -0.4 is 5.73 Å². The van der Waals surface area contributed by atoms with Crippen molar-refractivity contribution in [1.82, 2.24) is 4.90 Å². The minimum atomic E-state index is 0.211. The molecule has 0 spiro atoms. The van der Waals surface area contributed by atoms with Crippen LogP contribution in [0.15, 0.2) is 0 Å². The molecule has 0 unspecified atom stereocenters. The van der Waals surface area contributed by atoms with Gasteiger partial charge in [-0.2, -0.15) is 0 Å². The molecule has 88 valence electrons. The van der Waals surface area contributed by atoms with Gasteiger partial charge in [0.15, 0.2) is 0 Å². The van der Waals surface area contributed by atoms with Crippen molar-refractivity contribution < 1.29 is 0 Å². The topological polar surface area (TPSA) is 29.3 Å². The molecule has 0 aromatic carbocycles. The highest BCUT2D eigenvalue weighted by Gasteiger charge is 2.32. The molecule has 2 heteroatoms. The second-order valence-corrected chi connectivity index (χ2v) is 5.74. The van der Waals surface area contributed by atoms with Crippen LogP contribution in [0.4, 0.5) is 0 Å². The maximum Gasteiger partial charge on any atom is 0.0166 e. The van der Waals surface area contributed by atoms with Crippen LogP contribution >= 0.6 is 0 Å². The van der Waals surface area contributed by atoms with Gasteiger partial charge in [0.05, 0.1) is 0 Å². The Morgan fingerprint density at radius 1 is 1.13 bits per heavy atom. The van der Waals surface area contributed by atoms with Crippen molar-refractivity contribution >= 4 is 0 Å². The molecule has 0 saturated heterocycles. The first-order valence-corrected chi connectivity index (χ1v) is 6.69. The van der Waals surface area contributed by atoms with E-state index >= 15 is 0 Å². The normalized spacial score (nSPS) is 26.6. The Hall–Kier alpha value is -0.0800. The number of hydrogen-bond acceptors (Lipinski definition) is 2. The largest absolute Gasteiger partial charge is 0.325 e. The zero-order valence-corrected chi connectivity index (χ0v) is 10.2. The first-order valence-electron chi connectivity index (χ1n) is 6.69. The van der Waals surface area contributed by atoms with Crippen molar-refractivity contribution in [1.29, 1.82) is 0 Å². The SMILES string of the molecule is CN(CCC1(N)CCC1)C1CCCCC1. The molecule has 2 nitrogen and oxygen atoms in total. The number of rotatable bonds is 4. The average molecular weight is 210 g/mol. The van der Waals surface area contributed by atoms with Gasteiger partial charge in [0.1, 0.15) is 0 Å². The van der Waals surface area contributed by atoms with E-state index in [1.54, 1.807) is 0 Å². The third-order valence-electron chi connectivity index (χ3n) is 4.51. The minimum Gasteiger partial charge on any atom is -0.325 e.